The summed E-state index contributed by atoms with van der Waals surface area (Å²) in [4.78, 5) is 2.32. The zero-order valence-corrected chi connectivity index (χ0v) is 30.8. The van der Waals surface area contributed by atoms with Gasteiger partial charge in [0.15, 0.2) is 0 Å². The van der Waals surface area contributed by atoms with E-state index in [1.54, 1.807) is 0 Å². The Morgan fingerprint density at radius 3 is 1.66 bits per heavy atom. The number of hydrogen-bond donors (Lipinski definition) is 0. The van der Waals surface area contributed by atoms with E-state index in [1.807, 2.05) is 0 Å². The van der Waals surface area contributed by atoms with Crippen molar-refractivity contribution in [1.29, 1.82) is 0 Å². The van der Waals surface area contributed by atoms with Crippen LogP contribution in [0.1, 0.15) is 85.9 Å². The molecule has 6 aromatic rings. The third kappa shape index (κ3) is 5.41. The molecule has 50 heavy (non-hydrogen) atoms. The topological polar surface area (TPSA) is 3.24 Å². The lowest BCUT2D eigenvalue weighted by Gasteiger charge is -2.37. The van der Waals surface area contributed by atoms with Gasteiger partial charge in [0.1, 0.15) is 0 Å². The second kappa shape index (κ2) is 11.4. The standard InChI is InChI=1S/C48H48BN/c1-46(2,3)35-18-15-32(16-19-35)33-17-25-39-40-27-34(31-13-11-10-12-14-31)29-44-45(40)49(41(39)28-33)42-30-37(48(7,8)9)22-26-43(42)50(44)38-23-20-36(21-24-38)47(4,5)6/h10-30H,1-9H3/i10D,11D,12D,13D,14D. The Balaban J connectivity index is 1.44. The molecule has 2 heterocycles. The molecule has 248 valence electrons. The smallest absolute Gasteiger partial charge is 0.248 e. The van der Waals surface area contributed by atoms with E-state index in [0.717, 1.165) is 39.3 Å². The molecule has 0 saturated heterocycles. The Labute approximate surface area is 307 Å². The lowest BCUT2D eigenvalue weighted by Crippen LogP contribution is -2.55. The van der Waals surface area contributed by atoms with Crippen LogP contribution in [-0.2, 0) is 16.2 Å². The Kier molecular flexibility index (Phi) is 6.13. The summed E-state index contributed by atoms with van der Waals surface area (Å²) >= 11 is 0. The zero-order valence-electron chi connectivity index (χ0n) is 35.8. The summed E-state index contributed by atoms with van der Waals surface area (Å²) in [5.74, 6) is 0. The fourth-order valence-corrected chi connectivity index (χ4v) is 7.73. The molecule has 2 aliphatic rings. The first-order valence-corrected chi connectivity index (χ1v) is 17.8. The number of anilines is 3. The van der Waals surface area contributed by atoms with Crippen molar-refractivity contribution >= 4 is 40.2 Å². The molecule has 0 amide bonds. The highest BCUT2D eigenvalue weighted by molar-refractivity contribution is 7.01. The van der Waals surface area contributed by atoms with E-state index >= 15 is 0 Å². The lowest BCUT2D eigenvalue weighted by atomic mass is 9.36. The lowest BCUT2D eigenvalue weighted by molar-refractivity contribution is 0.590. The molecule has 0 spiro atoms. The first kappa shape index (κ1) is 27.0. The number of fused-ring (bicyclic) bond motifs is 5. The van der Waals surface area contributed by atoms with Crippen molar-refractivity contribution in [2.45, 2.75) is 78.6 Å². The van der Waals surface area contributed by atoms with Crippen LogP contribution in [0.25, 0.3) is 33.4 Å². The van der Waals surface area contributed by atoms with Crippen molar-refractivity contribution < 1.29 is 6.85 Å². The van der Waals surface area contributed by atoms with Gasteiger partial charge in [0.05, 0.1) is 6.85 Å². The van der Waals surface area contributed by atoms with Gasteiger partial charge in [-0.3, -0.25) is 0 Å². The van der Waals surface area contributed by atoms with Gasteiger partial charge in [0, 0.05) is 17.1 Å². The average molecular weight is 655 g/mol. The van der Waals surface area contributed by atoms with Crippen LogP contribution < -0.4 is 21.3 Å². The monoisotopic (exact) mass is 654 g/mol. The van der Waals surface area contributed by atoms with E-state index in [2.05, 4.69) is 164 Å². The molecule has 0 aliphatic carbocycles. The summed E-state index contributed by atoms with van der Waals surface area (Å²) in [5, 5.41) is 0. The molecule has 8 rings (SSSR count). The molecule has 0 atom stereocenters. The zero-order chi connectivity index (χ0) is 39.5. The van der Waals surface area contributed by atoms with Gasteiger partial charge in [0.25, 0.3) is 0 Å². The van der Waals surface area contributed by atoms with Crippen molar-refractivity contribution in [3.8, 4) is 33.4 Å². The third-order valence-electron chi connectivity index (χ3n) is 10.7. The summed E-state index contributed by atoms with van der Waals surface area (Å²) in [7, 11) is 0. The molecule has 0 saturated carbocycles. The van der Waals surface area contributed by atoms with Crippen LogP contribution in [0.4, 0.5) is 17.1 Å². The second-order valence-corrected chi connectivity index (χ2v) is 17.2. The molecule has 0 N–H and O–H groups in total. The highest BCUT2D eigenvalue weighted by Crippen LogP contribution is 2.44. The van der Waals surface area contributed by atoms with Gasteiger partial charge in [-0.15, -0.1) is 0 Å². The van der Waals surface area contributed by atoms with Crippen LogP contribution in [0.15, 0.2) is 127 Å². The average Bonchev–Trinajstić information content (AvgIpc) is 3.46. The van der Waals surface area contributed by atoms with Gasteiger partial charge in [-0.05, 0) is 108 Å². The maximum atomic E-state index is 8.98. The van der Waals surface area contributed by atoms with E-state index in [-0.39, 0.29) is 58.7 Å². The van der Waals surface area contributed by atoms with E-state index < -0.39 is 0 Å². The molecule has 0 aromatic heterocycles. The Hall–Kier alpha value is -4.82. The molecule has 0 radical (unpaired) electrons. The Morgan fingerprint density at radius 2 is 1.04 bits per heavy atom. The van der Waals surface area contributed by atoms with Crippen molar-refractivity contribution in [2.75, 3.05) is 4.90 Å². The second-order valence-electron chi connectivity index (χ2n) is 17.2. The van der Waals surface area contributed by atoms with E-state index in [0.29, 0.717) is 5.56 Å². The van der Waals surface area contributed by atoms with E-state index in [1.165, 1.54) is 33.1 Å². The molecular formula is C48H48BN. The number of nitrogens with zero attached hydrogens (tertiary/aromatic N) is 1. The fourth-order valence-electron chi connectivity index (χ4n) is 7.73. The Bertz CT molecular complexity index is 2510. The summed E-state index contributed by atoms with van der Waals surface area (Å²) in [6.45, 7) is 20.1. The van der Waals surface area contributed by atoms with Crippen molar-refractivity contribution in [3.05, 3.63) is 144 Å². The van der Waals surface area contributed by atoms with Crippen LogP contribution in [0.3, 0.4) is 0 Å². The van der Waals surface area contributed by atoms with Crippen LogP contribution in [0.2, 0.25) is 0 Å². The minimum absolute atomic E-state index is 0.0143. The summed E-state index contributed by atoms with van der Waals surface area (Å²) in [6, 6.07) is 34.0. The van der Waals surface area contributed by atoms with Gasteiger partial charge in [-0.2, -0.15) is 0 Å². The minimum Gasteiger partial charge on any atom is -0.311 e. The highest BCUT2D eigenvalue weighted by atomic mass is 15.2. The van der Waals surface area contributed by atoms with Gasteiger partial charge >= 0.3 is 0 Å². The largest absolute Gasteiger partial charge is 0.311 e. The number of rotatable bonds is 3. The molecule has 2 aliphatic heterocycles. The van der Waals surface area contributed by atoms with Crippen LogP contribution in [0, 0.1) is 0 Å². The molecule has 1 nitrogen and oxygen atoms in total. The van der Waals surface area contributed by atoms with Gasteiger partial charge < -0.3 is 4.90 Å². The summed E-state index contributed by atoms with van der Waals surface area (Å²) in [5.41, 5.74) is 15.7. The quantitative estimate of drug-likeness (QED) is 0.171. The van der Waals surface area contributed by atoms with Crippen molar-refractivity contribution in [3.63, 3.8) is 0 Å². The predicted molar refractivity (Wildman–Crippen MR) is 218 cm³/mol. The van der Waals surface area contributed by atoms with Gasteiger partial charge in [0.2, 0.25) is 6.71 Å². The van der Waals surface area contributed by atoms with Crippen LogP contribution >= 0.6 is 0 Å². The molecule has 0 unspecified atom stereocenters. The van der Waals surface area contributed by atoms with E-state index in [4.69, 9.17) is 6.85 Å². The fraction of sp³-hybridized carbons (Fsp3) is 0.250. The molecule has 0 bridgehead atoms. The SMILES string of the molecule is [2H]c1c([2H])c([2H])c(-c2cc3c4c(c2)N(c2ccc(C(C)(C)C)cc2)c2ccc(C(C)(C)C)cc2B4c2cc(-c4ccc(C(C)(C)C)cc4)ccc2-3)c([2H])c1[2H]. The van der Waals surface area contributed by atoms with Crippen LogP contribution in [0.5, 0.6) is 0 Å². The minimum atomic E-state index is -0.390. The predicted octanol–water partition coefficient (Wildman–Crippen LogP) is 11.2. The molecule has 2 heteroatoms. The Morgan fingerprint density at radius 1 is 0.460 bits per heavy atom. The summed E-state index contributed by atoms with van der Waals surface area (Å²) < 4.78 is 43.4. The van der Waals surface area contributed by atoms with Crippen molar-refractivity contribution in [2.24, 2.45) is 0 Å². The normalized spacial score (nSPS) is 15.0. The molecular weight excluding hydrogens is 601 g/mol. The van der Waals surface area contributed by atoms with Crippen LogP contribution in [-0.4, -0.2) is 6.71 Å². The van der Waals surface area contributed by atoms with Gasteiger partial charge in [-0.1, -0.05) is 165 Å². The third-order valence-corrected chi connectivity index (χ3v) is 10.7. The maximum absolute atomic E-state index is 8.98. The number of hydrogen-bond acceptors (Lipinski definition) is 1. The first-order valence-electron chi connectivity index (χ1n) is 20.3. The highest BCUT2D eigenvalue weighted by Gasteiger charge is 2.43. The summed E-state index contributed by atoms with van der Waals surface area (Å²) in [6.07, 6.45) is 0. The van der Waals surface area contributed by atoms with E-state index in [9.17, 15) is 0 Å². The van der Waals surface area contributed by atoms with Gasteiger partial charge in [-0.25, -0.2) is 0 Å². The molecule has 0 fully saturated rings. The molecule has 6 aromatic carbocycles. The van der Waals surface area contributed by atoms with Crippen molar-refractivity contribution in [1.82, 2.24) is 0 Å². The maximum Gasteiger partial charge on any atom is 0.248 e. The number of benzene rings is 6. The first-order chi connectivity index (χ1) is 25.8.